The molecule has 1 fully saturated rings. The fraction of sp³-hybridized carbons (Fsp3) is 0.786. The van der Waals surface area contributed by atoms with E-state index in [9.17, 15) is 0 Å². The third kappa shape index (κ3) is 3.05. The van der Waals surface area contributed by atoms with Gasteiger partial charge in [0.05, 0.1) is 5.69 Å². The molecule has 18 heavy (non-hydrogen) atoms. The van der Waals surface area contributed by atoms with E-state index in [1.54, 1.807) is 0 Å². The topological polar surface area (TPSA) is 33.1 Å². The second kappa shape index (κ2) is 5.74. The molecule has 1 N–H and O–H groups in total. The van der Waals surface area contributed by atoms with E-state index >= 15 is 0 Å². The highest BCUT2D eigenvalue weighted by atomic mass is 15.3. The Morgan fingerprint density at radius 2 is 2.28 bits per heavy atom. The SMILES string of the molecule is CCN1CCCC1Cn1cc(C)nc1NC(C)C. The highest BCUT2D eigenvalue weighted by Gasteiger charge is 2.24. The zero-order valence-electron chi connectivity index (χ0n) is 12.1. The third-order valence-corrected chi connectivity index (χ3v) is 3.63. The lowest BCUT2D eigenvalue weighted by Crippen LogP contribution is -2.33. The van der Waals surface area contributed by atoms with Crippen LogP contribution in [0.4, 0.5) is 5.95 Å². The molecule has 1 aromatic heterocycles. The van der Waals surface area contributed by atoms with Gasteiger partial charge in [-0.15, -0.1) is 0 Å². The Labute approximate surface area is 110 Å². The molecule has 1 aromatic rings. The van der Waals surface area contributed by atoms with E-state index in [1.165, 1.54) is 19.4 Å². The van der Waals surface area contributed by atoms with E-state index in [0.29, 0.717) is 12.1 Å². The molecule has 1 aliphatic heterocycles. The summed E-state index contributed by atoms with van der Waals surface area (Å²) in [6, 6.07) is 1.10. The van der Waals surface area contributed by atoms with Gasteiger partial charge >= 0.3 is 0 Å². The maximum Gasteiger partial charge on any atom is 0.203 e. The van der Waals surface area contributed by atoms with E-state index in [2.05, 4.69) is 53.7 Å². The van der Waals surface area contributed by atoms with Gasteiger partial charge in [0.1, 0.15) is 0 Å². The first-order valence-electron chi connectivity index (χ1n) is 7.14. The van der Waals surface area contributed by atoms with Gasteiger partial charge in [0.25, 0.3) is 0 Å². The minimum absolute atomic E-state index is 0.427. The maximum absolute atomic E-state index is 4.58. The monoisotopic (exact) mass is 250 g/mol. The van der Waals surface area contributed by atoms with Crippen molar-refractivity contribution < 1.29 is 0 Å². The second-order valence-electron chi connectivity index (χ2n) is 5.58. The fourth-order valence-corrected chi connectivity index (χ4v) is 2.80. The molecular formula is C14H26N4. The highest BCUT2D eigenvalue weighted by molar-refractivity contribution is 5.29. The minimum atomic E-state index is 0.427. The van der Waals surface area contributed by atoms with Crippen LogP contribution in [0.5, 0.6) is 0 Å². The van der Waals surface area contributed by atoms with Crippen LogP contribution in [0.2, 0.25) is 0 Å². The quantitative estimate of drug-likeness (QED) is 0.871. The van der Waals surface area contributed by atoms with Crippen LogP contribution in [0, 0.1) is 6.92 Å². The summed E-state index contributed by atoms with van der Waals surface area (Å²) in [5.41, 5.74) is 1.10. The van der Waals surface area contributed by atoms with Crippen molar-refractivity contribution in [3.05, 3.63) is 11.9 Å². The number of hydrogen-bond acceptors (Lipinski definition) is 3. The summed E-state index contributed by atoms with van der Waals surface area (Å²) in [6.07, 6.45) is 4.81. The lowest BCUT2D eigenvalue weighted by Gasteiger charge is -2.24. The number of hydrogen-bond donors (Lipinski definition) is 1. The Morgan fingerprint density at radius 1 is 1.50 bits per heavy atom. The average molecular weight is 250 g/mol. The van der Waals surface area contributed by atoms with Gasteiger partial charge in [0.2, 0.25) is 5.95 Å². The summed E-state index contributed by atoms with van der Waals surface area (Å²) < 4.78 is 2.29. The van der Waals surface area contributed by atoms with Crippen molar-refractivity contribution in [1.82, 2.24) is 14.5 Å². The van der Waals surface area contributed by atoms with Gasteiger partial charge < -0.3 is 9.88 Å². The van der Waals surface area contributed by atoms with Crippen LogP contribution in [0.1, 0.15) is 39.3 Å². The first-order chi connectivity index (χ1) is 8.60. The molecule has 2 rings (SSSR count). The number of nitrogens with one attached hydrogen (secondary N) is 1. The summed E-state index contributed by atoms with van der Waals surface area (Å²) in [4.78, 5) is 7.15. The lowest BCUT2D eigenvalue weighted by molar-refractivity contribution is 0.245. The van der Waals surface area contributed by atoms with Crippen molar-refractivity contribution in [2.75, 3.05) is 18.4 Å². The van der Waals surface area contributed by atoms with Crippen molar-refractivity contribution in [3.63, 3.8) is 0 Å². The summed E-state index contributed by atoms with van der Waals surface area (Å²) in [6.45, 7) is 12.1. The van der Waals surface area contributed by atoms with Crippen molar-refractivity contribution in [2.24, 2.45) is 0 Å². The standard InChI is InChI=1S/C14H26N4/c1-5-17-8-6-7-13(17)10-18-9-12(4)16-14(18)15-11(2)3/h9,11,13H,5-8,10H2,1-4H3,(H,15,16). The van der Waals surface area contributed by atoms with E-state index in [4.69, 9.17) is 0 Å². The zero-order valence-corrected chi connectivity index (χ0v) is 12.1. The Bertz CT molecular complexity index is 383. The van der Waals surface area contributed by atoms with Crippen LogP contribution in [0.15, 0.2) is 6.20 Å². The molecule has 4 heteroatoms. The summed E-state index contributed by atoms with van der Waals surface area (Å²) in [5, 5.41) is 3.43. The first kappa shape index (κ1) is 13.4. The smallest absolute Gasteiger partial charge is 0.203 e. The Balaban J connectivity index is 2.08. The number of aryl methyl sites for hydroxylation is 1. The molecular weight excluding hydrogens is 224 g/mol. The molecule has 102 valence electrons. The lowest BCUT2D eigenvalue weighted by atomic mass is 10.2. The first-order valence-corrected chi connectivity index (χ1v) is 7.14. The molecule has 1 saturated heterocycles. The highest BCUT2D eigenvalue weighted by Crippen LogP contribution is 2.20. The molecule has 0 amide bonds. The van der Waals surface area contributed by atoms with Gasteiger partial charge in [-0.25, -0.2) is 4.98 Å². The molecule has 0 aliphatic carbocycles. The Hall–Kier alpha value is -1.03. The third-order valence-electron chi connectivity index (χ3n) is 3.63. The van der Waals surface area contributed by atoms with Crippen LogP contribution >= 0.6 is 0 Å². The van der Waals surface area contributed by atoms with Crippen molar-refractivity contribution in [2.45, 2.75) is 59.2 Å². The van der Waals surface area contributed by atoms with Crippen LogP contribution < -0.4 is 5.32 Å². The summed E-state index contributed by atoms with van der Waals surface area (Å²) in [7, 11) is 0. The molecule has 1 atom stereocenters. The number of likely N-dealkylation sites (N-methyl/N-ethyl adjacent to an activating group) is 1. The zero-order chi connectivity index (χ0) is 13.1. The van der Waals surface area contributed by atoms with Gasteiger partial charge in [0, 0.05) is 24.8 Å². The second-order valence-corrected chi connectivity index (χ2v) is 5.58. The average Bonchev–Trinajstić information content (AvgIpc) is 2.86. The van der Waals surface area contributed by atoms with Gasteiger partial charge in [-0.05, 0) is 46.7 Å². The Kier molecular flexibility index (Phi) is 4.27. The molecule has 0 aromatic carbocycles. The van der Waals surface area contributed by atoms with Crippen LogP contribution in [0.25, 0.3) is 0 Å². The van der Waals surface area contributed by atoms with Gasteiger partial charge in [-0.3, -0.25) is 4.90 Å². The number of imidazole rings is 1. The van der Waals surface area contributed by atoms with Crippen LogP contribution in [0.3, 0.4) is 0 Å². The molecule has 0 bridgehead atoms. The number of rotatable bonds is 5. The number of likely N-dealkylation sites (tertiary alicyclic amines) is 1. The Morgan fingerprint density at radius 3 is 2.94 bits per heavy atom. The maximum atomic E-state index is 4.58. The van der Waals surface area contributed by atoms with Gasteiger partial charge in [-0.1, -0.05) is 6.92 Å². The molecule has 0 spiro atoms. The van der Waals surface area contributed by atoms with Crippen LogP contribution in [-0.2, 0) is 6.54 Å². The van der Waals surface area contributed by atoms with Crippen molar-refractivity contribution in [1.29, 1.82) is 0 Å². The van der Waals surface area contributed by atoms with E-state index in [0.717, 1.165) is 24.7 Å². The molecule has 4 nitrogen and oxygen atoms in total. The molecule has 0 saturated carbocycles. The van der Waals surface area contributed by atoms with E-state index < -0.39 is 0 Å². The predicted molar refractivity (Wildman–Crippen MR) is 76.0 cm³/mol. The number of aromatic nitrogens is 2. The normalized spacial score (nSPS) is 20.8. The summed E-state index contributed by atoms with van der Waals surface area (Å²) in [5.74, 6) is 1.02. The van der Waals surface area contributed by atoms with E-state index in [1.807, 2.05) is 0 Å². The minimum Gasteiger partial charge on any atom is -0.353 e. The largest absolute Gasteiger partial charge is 0.353 e. The van der Waals surface area contributed by atoms with Gasteiger partial charge in [-0.2, -0.15) is 0 Å². The fourth-order valence-electron chi connectivity index (χ4n) is 2.80. The number of nitrogens with zero attached hydrogens (tertiary/aromatic N) is 3. The van der Waals surface area contributed by atoms with Gasteiger partial charge in [0.15, 0.2) is 0 Å². The van der Waals surface area contributed by atoms with E-state index in [-0.39, 0.29) is 0 Å². The molecule has 1 aliphatic rings. The van der Waals surface area contributed by atoms with Crippen molar-refractivity contribution in [3.8, 4) is 0 Å². The van der Waals surface area contributed by atoms with Crippen LogP contribution in [-0.4, -0.2) is 39.6 Å². The predicted octanol–water partition coefficient (Wildman–Crippen LogP) is 2.50. The molecule has 1 unspecified atom stereocenters. The van der Waals surface area contributed by atoms with Crippen molar-refractivity contribution >= 4 is 5.95 Å². The molecule has 0 radical (unpaired) electrons. The summed E-state index contributed by atoms with van der Waals surface area (Å²) >= 11 is 0. The molecule has 2 heterocycles. The number of anilines is 1.